The molecule has 0 heterocycles. The van der Waals surface area contributed by atoms with Crippen molar-refractivity contribution in [2.45, 2.75) is 10.9 Å². The fraction of sp³-hybridized carbons (Fsp3) is 0.333. The van der Waals surface area contributed by atoms with Crippen LogP contribution in [-0.4, -0.2) is 52.2 Å². The monoisotopic (exact) mass is 393 g/mol. The van der Waals surface area contributed by atoms with E-state index in [0.29, 0.717) is 6.54 Å². The number of nitrogens with zero attached hydrogens (tertiary/aromatic N) is 2. The minimum Gasteiger partial charge on any atom is -0.497 e. The molecule has 0 fully saturated rings. The van der Waals surface area contributed by atoms with E-state index in [1.807, 2.05) is 43.3 Å². The van der Waals surface area contributed by atoms with Gasteiger partial charge in [0.1, 0.15) is 11.4 Å². The lowest BCUT2D eigenvalue weighted by Crippen LogP contribution is -2.27. The molecule has 0 saturated carbocycles. The Labute approximate surface area is 158 Å². The van der Waals surface area contributed by atoms with Gasteiger partial charge in [0.05, 0.1) is 23.0 Å². The van der Waals surface area contributed by atoms with Crippen LogP contribution in [0.3, 0.4) is 0 Å². The zero-order chi connectivity index (χ0) is 20.2. The Morgan fingerprint density at radius 1 is 1.19 bits per heavy atom. The number of hydrogen-bond acceptors (Lipinski definition) is 7. The van der Waals surface area contributed by atoms with Crippen LogP contribution in [0.25, 0.3) is 0 Å². The first-order chi connectivity index (χ1) is 12.6. The quantitative estimate of drug-likeness (QED) is 0.543. The van der Waals surface area contributed by atoms with Gasteiger partial charge in [-0.25, -0.2) is 8.42 Å². The van der Waals surface area contributed by atoms with Crippen molar-refractivity contribution in [3.8, 4) is 5.75 Å². The largest absolute Gasteiger partial charge is 0.497 e. The van der Waals surface area contributed by atoms with Gasteiger partial charge in [-0.05, 0) is 43.9 Å². The molecule has 1 N–H and O–H groups in total. The van der Waals surface area contributed by atoms with Crippen LogP contribution in [0, 0.1) is 10.1 Å². The van der Waals surface area contributed by atoms with Crippen molar-refractivity contribution in [3.05, 3.63) is 58.1 Å². The van der Waals surface area contributed by atoms with Gasteiger partial charge in [0.2, 0.25) is 0 Å². The third kappa shape index (κ3) is 5.18. The highest BCUT2D eigenvalue weighted by Gasteiger charge is 2.20. The van der Waals surface area contributed by atoms with E-state index in [1.54, 1.807) is 7.11 Å². The number of anilines is 1. The minimum atomic E-state index is -3.52. The first-order valence-corrected chi connectivity index (χ1v) is 10.1. The molecule has 2 aromatic rings. The number of sulfone groups is 1. The first-order valence-electron chi connectivity index (χ1n) is 8.16. The van der Waals surface area contributed by atoms with E-state index in [-0.39, 0.29) is 22.3 Å². The molecule has 0 aromatic heterocycles. The molecule has 0 aliphatic rings. The van der Waals surface area contributed by atoms with Crippen LogP contribution >= 0.6 is 0 Å². The van der Waals surface area contributed by atoms with Crippen LogP contribution in [0.15, 0.2) is 47.4 Å². The van der Waals surface area contributed by atoms with Crippen molar-refractivity contribution in [2.75, 3.05) is 39.3 Å². The molecule has 27 heavy (non-hydrogen) atoms. The molecule has 9 heteroatoms. The summed E-state index contributed by atoms with van der Waals surface area (Å²) < 4.78 is 28.5. The lowest BCUT2D eigenvalue weighted by atomic mass is 10.1. The molecular formula is C18H23N3O5S. The molecule has 0 amide bonds. The van der Waals surface area contributed by atoms with Gasteiger partial charge in [-0.3, -0.25) is 10.1 Å². The molecule has 0 bridgehead atoms. The van der Waals surface area contributed by atoms with Gasteiger partial charge < -0.3 is 15.0 Å². The molecule has 0 radical (unpaired) electrons. The van der Waals surface area contributed by atoms with E-state index in [9.17, 15) is 18.5 Å². The highest BCUT2D eigenvalue weighted by molar-refractivity contribution is 7.90. The van der Waals surface area contributed by atoms with Crippen LogP contribution in [0.2, 0.25) is 0 Å². The number of nitro benzene ring substituents is 1. The number of hydrogen-bond donors (Lipinski definition) is 1. The number of rotatable bonds is 8. The molecule has 146 valence electrons. The second-order valence-electron chi connectivity index (χ2n) is 6.34. The topological polar surface area (TPSA) is 102 Å². The Hall–Kier alpha value is -2.65. The van der Waals surface area contributed by atoms with Crippen molar-refractivity contribution >= 4 is 21.2 Å². The number of nitro groups is 1. The highest BCUT2D eigenvalue weighted by Crippen LogP contribution is 2.29. The van der Waals surface area contributed by atoms with E-state index < -0.39 is 14.8 Å². The predicted molar refractivity (Wildman–Crippen MR) is 104 cm³/mol. The normalized spacial score (nSPS) is 12.6. The van der Waals surface area contributed by atoms with Crippen molar-refractivity contribution in [3.63, 3.8) is 0 Å². The zero-order valence-electron chi connectivity index (χ0n) is 15.7. The summed E-state index contributed by atoms with van der Waals surface area (Å²) >= 11 is 0. The van der Waals surface area contributed by atoms with E-state index >= 15 is 0 Å². The molecule has 2 aromatic carbocycles. The number of likely N-dealkylation sites (N-methyl/N-ethyl adjacent to an activating group) is 1. The molecule has 0 spiro atoms. The molecule has 0 saturated heterocycles. The lowest BCUT2D eigenvalue weighted by molar-refractivity contribution is -0.384. The average Bonchev–Trinajstić information content (AvgIpc) is 2.61. The van der Waals surface area contributed by atoms with Crippen LogP contribution < -0.4 is 10.1 Å². The SMILES string of the molecule is COc1ccc(C(CNc2ccc(S(C)(=O)=O)cc2[N+](=O)[O-])N(C)C)cc1. The number of ether oxygens (including phenoxy) is 1. The Morgan fingerprint density at radius 3 is 2.30 bits per heavy atom. The van der Waals surface area contributed by atoms with E-state index in [0.717, 1.165) is 23.6 Å². The highest BCUT2D eigenvalue weighted by atomic mass is 32.2. The molecular weight excluding hydrogens is 370 g/mol. The standard InChI is InChI=1S/C18H23N3O5S/c1-20(2)18(13-5-7-14(26-3)8-6-13)12-19-16-10-9-15(27(4,24)25)11-17(16)21(22)23/h5-11,18-19H,12H2,1-4H3. The summed E-state index contributed by atoms with van der Waals surface area (Å²) in [5, 5.41) is 14.4. The smallest absolute Gasteiger partial charge is 0.293 e. The van der Waals surface area contributed by atoms with Crippen LogP contribution in [-0.2, 0) is 9.84 Å². The van der Waals surface area contributed by atoms with Gasteiger partial charge in [0.15, 0.2) is 9.84 Å². The molecule has 1 atom stereocenters. The van der Waals surface area contributed by atoms with E-state index in [2.05, 4.69) is 5.32 Å². The Morgan fingerprint density at radius 2 is 1.81 bits per heavy atom. The molecule has 1 unspecified atom stereocenters. The molecule has 0 aliphatic heterocycles. The van der Waals surface area contributed by atoms with Crippen LogP contribution in [0.4, 0.5) is 11.4 Å². The van der Waals surface area contributed by atoms with Gasteiger partial charge in [-0.2, -0.15) is 0 Å². The Kier molecular flexibility index (Phi) is 6.40. The van der Waals surface area contributed by atoms with E-state index in [1.165, 1.54) is 12.1 Å². The molecule has 0 aliphatic carbocycles. The summed E-state index contributed by atoms with van der Waals surface area (Å²) in [6, 6.07) is 11.4. The number of benzene rings is 2. The van der Waals surface area contributed by atoms with Crippen LogP contribution in [0.5, 0.6) is 5.75 Å². The third-order valence-electron chi connectivity index (χ3n) is 4.20. The van der Waals surface area contributed by atoms with Crippen molar-refractivity contribution in [1.29, 1.82) is 0 Å². The summed E-state index contributed by atoms with van der Waals surface area (Å²) in [5.74, 6) is 0.746. The van der Waals surface area contributed by atoms with Crippen LogP contribution in [0.1, 0.15) is 11.6 Å². The fourth-order valence-electron chi connectivity index (χ4n) is 2.67. The predicted octanol–water partition coefficient (Wildman–Crippen LogP) is 2.72. The summed E-state index contributed by atoms with van der Waals surface area (Å²) in [4.78, 5) is 12.7. The summed E-state index contributed by atoms with van der Waals surface area (Å²) in [7, 11) is 1.90. The number of methoxy groups -OCH3 is 1. The summed E-state index contributed by atoms with van der Waals surface area (Å²) in [6.45, 7) is 0.401. The van der Waals surface area contributed by atoms with E-state index in [4.69, 9.17) is 4.74 Å². The van der Waals surface area contributed by atoms with Crippen molar-refractivity contribution in [1.82, 2.24) is 4.90 Å². The van der Waals surface area contributed by atoms with Gasteiger partial charge in [0, 0.05) is 18.9 Å². The van der Waals surface area contributed by atoms with Gasteiger partial charge in [0.25, 0.3) is 5.69 Å². The molecule has 2 rings (SSSR count). The van der Waals surface area contributed by atoms with Gasteiger partial charge in [-0.1, -0.05) is 12.1 Å². The lowest BCUT2D eigenvalue weighted by Gasteiger charge is -2.25. The maximum Gasteiger partial charge on any atom is 0.293 e. The first kappa shape index (κ1) is 20.7. The second-order valence-corrected chi connectivity index (χ2v) is 8.36. The molecule has 8 nitrogen and oxygen atoms in total. The maximum atomic E-state index is 11.7. The second kappa shape index (κ2) is 8.36. The Balaban J connectivity index is 2.27. The van der Waals surface area contributed by atoms with Gasteiger partial charge in [-0.15, -0.1) is 0 Å². The maximum absolute atomic E-state index is 11.7. The zero-order valence-corrected chi connectivity index (χ0v) is 16.5. The Bertz CT molecular complexity index is 911. The third-order valence-corrected chi connectivity index (χ3v) is 5.31. The summed E-state index contributed by atoms with van der Waals surface area (Å²) in [5.41, 5.74) is 1.02. The fourth-order valence-corrected chi connectivity index (χ4v) is 3.31. The van der Waals surface area contributed by atoms with Gasteiger partial charge >= 0.3 is 0 Å². The van der Waals surface area contributed by atoms with Crippen molar-refractivity contribution < 1.29 is 18.1 Å². The summed E-state index contributed by atoms with van der Waals surface area (Å²) in [6.07, 6.45) is 1.02. The average molecular weight is 393 g/mol. The number of nitrogens with one attached hydrogen (secondary N) is 1. The van der Waals surface area contributed by atoms with Crippen molar-refractivity contribution in [2.24, 2.45) is 0 Å². The minimum absolute atomic E-state index is 0.0508.